The van der Waals surface area contributed by atoms with Crippen molar-refractivity contribution in [1.29, 1.82) is 0 Å². The van der Waals surface area contributed by atoms with Crippen LogP contribution in [0.2, 0.25) is 0 Å². The lowest BCUT2D eigenvalue weighted by atomic mass is 10.1. The van der Waals surface area contributed by atoms with E-state index in [1.165, 1.54) is 10.9 Å². The number of hydrogen-bond donors (Lipinski definition) is 2. The highest BCUT2D eigenvalue weighted by Gasteiger charge is 2.40. The molecule has 2 unspecified atom stereocenters. The van der Waals surface area contributed by atoms with Gasteiger partial charge >= 0.3 is 5.97 Å². The summed E-state index contributed by atoms with van der Waals surface area (Å²) < 4.78 is 5.00. The first-order valence-corrected chi connectivity index (χ1v) is 7.63. The van der Waals surface area contributed by atoms with Crippen LogP contribution >= 0.6 is 0 Å². The fraction of sp³-hybridized carbons (Fsp3) is 0.412. The smallest absolute Gasteiger partial charge is 0.309 e. The largest absolute Gasteiger partial charge is 0.455 e. The first-order chi connectivity index (χ1) is 10.6. The number of para-hydroxylation sites is 1. The van der Waals surface area contributed by atoms with Gasteiger partial charge in [0, 0.05) is 23.6 Å². The van der Waals surface area contributed by atoms with Crippen LogP contribution in [0, 0.1) is 11.8 Å². The van der Waals surface area contributed by atoms with Crippen LogP contribution in [0.1, 0.15) is 18.9 Å². The summed E-state index contributed by atoms with van der Waals surface area (Å²) in [7, 11) is 0. The Morgan fingerprint density at radius 2 is 2.14 bits per heavy atom. The summed E-state index contributed by atoms with van der Waals surface area (Å²) in [6.45, 7) is 2.35. The number of nitrogens with one attached hydrogen (secondary N) is 2. The number of amides is 1. The van der Waals surface area contributed by atoms with Gasteiger partial charge in [-0.25, -0.2) is 0 Å². The number of aromatic nitrogens is 1. The zero-order valence-electron chi connectivity index (χ0n) is 12.6. The molecule has 1 heterocycles. The minimum atomic E-state index is -0.251. The second-order valence-corrected chi connectivity index (χ2v) is 5.89. The number of aromatic amines is 1. The highest BCUT2D eigenvalue weighted by atomic mass is 16.5. The van der Waals surface area contributed by atoms with Crippen LogP contribution in [0.4, 0.5) is 0 Å². The van der Waals surface area contributed by atoms with E-state index >= 15 is 0 Å². The maximum absolute atomic E-state index is 11.7. The molecule has 3 rings (SSSR count). The van der Waals surface area contributed by atoms with Gasteiger partial charge in [-0.15, -0.1) is 0 Å². The van der Waals surface area contributed by atoms with Gasteiger partial charge in [-0.05, 0) is 30.4 Å². The second kappa shape index (κ2) is 6.22. The standard InChI is InChI=1S/C17H20N2O3/c1-11-8-14(11)17(21)22-10-16(20)18-7-6-12-9-19-15-5-3-2-4-13(12)15/h2-5,9,11,14,19H,6-8,10H2,1H3,(H,18,20). The lowest BCUT2D eigenvalue weighted by Gasteiger charge is -2.06. The molecule has 1 aliphatic carbocycles. The molecule has 1 fully saturated rings. The Bertz CT molecular complexity index is 692. The number of ether oxygens (including phenoxy) is 1. The summed E-state index contributed by atoms with van der Waals surface area (Å²) in [5, 5.41) is 3.95. The van der Waals surface area contributed by atoms with Gasteiger partial charge in [0.05, 0.1) is 5.92 Å². The van der Waals surface area contributed by atoms with Crippen LogP contribution < -0.4 is 5.32 Å². The van der Waals surface area contributed by atoms with E-state index < -0.39 is 0 Å². The molecule has 1 aromatic heterocycles. The van der Waals surface area contributed by atoms with Crippen LogP contribution in [0.5, 0.6) is 0 Å². The Kier molecular flexibility index (Phi) is 4.13. The molecule has 1 amide bonds. The number of H-pyrrole nitrogens is 1. The third kappa shape index (κ3) is 3.30. The molecule has 0 radical (unpaired) electrons. The summed E-state index contributed by atoms with van der Waals surface area (Å²) in [6, 6.07) is 8.06. The van der Waals surface area contributed by atoms with Crippen molar-refractivity contribution in [3.63, 3.8) is 0 Å². The fourth-order valence-corrected chi connectivity index (χ4v) is 2.62. The average Bonchev–Trinajstić information content (AvgIpc) is 3.11. The van der Waals surface area contributed by atoms with Crippen molar-refractivity contribution in [2.45, 2.75) is 19.8 Å². The molecule has 5 nitrogen and oxygen atoms in total. The maximum Gasteiger partial charge on any atom is 0.309 e. The van der Waals surface area contributed by atoms with Gasteiger partial charge in [-0.3, -0.25) is 9.59 Å². The SMILES string of the molecule is CC1CC1C(=O)OCC(=O)NCCc1c[nH]c2ccccc12. The molecular weight excluding hydrogens is 280 g/mol. The molecule has 1 saturated carbocycles. The number of rotatable bonds is 6. The second-order valence-electron chi connectivity index (χ2n) is 5.89. The monoisotopic (exact) mass is 300 g/mol. The van der Waals surface area contributed by atoms with Crippen LogP contribution in [-0.2, 0) is 20.7 Å². The fourth-order valence-electron chi connectivity index (χ4n) is 2.62. The molecule has 22 heavy (non-hydrogen) atoms. The summed E-state index contributed by atoms with van der Waals surface area (Å²) in [5.74, 6) is -0.0998. The molecule has 2 N–H and O–H groups in total. The van der Waals surface area contributed by atoms with Crippen LogP contribution in [0.15, 0.2) is 30.5 Å². The first kappa shape index (κ1) is 14.6. The molecule has 0 saturated heterocycles. The number of esters is 1. The summed E-state index contributed by atoms with van der Waals surface area (Å²) in [5.41, 5.74) is 2.26. The molecule has 5 heteroatoms. The average molecular weight is 300 g/mol. The molecule has 0 aliphatic heterocycles. The highest BCUT2D eigenvalue weighted by Crippen LogP contribution is 2.38. The third-order valence-corrected chi connectivity index (χ3v) is 4.15. The lowest BCUT2D eigenvalue weighted by molar-refractivity contribution is -0.150. The van der Waals surface area contributed by atoms with E-state index in [0.29, 0.717) is 12.5 Å². The molecule has 1 aromatic carbocycles. The van der Waals surface area contributed by atoms with E-state index in [4.69, 9.17) is 4.74 Å². The van der Waals surface area contributed by atoms with Gasteiger partial charge in [0.2, 0.25) is 0 Å². The van der Waals surface area contributed by atoms with E-state index in [1.54, 1.807) is 0 Å². The Morgan fingerprint density at radius 1 is 1.36 bits per heavy atom. The summed E-state index contributed by atoms with van der Waals surface area (Å²) >= 11 is 0. The van der Waals surface area contributed by atoms with Crippen molar-refractivity contribution in [2.75, 3.05) is 13.2 Å². The van der Waals surface area contributed by atoms with Crippen LogP contribution in [-0.4, -0.2) is 30.0 Å². The van der Waals surface area contributed by atoms with Gasteiger partial charge in [0.15, 0.2) is 6.61 Å². The summed E-state index contributed by atoms with van der Waals surface area (Å²) in [6.07, 6.45) is 3.58. The van der Waals surface area contributed by atoms with Crippen molar-refractivity contribution >= 4 is 22.8 Å². The molecular formula is C17H20N2O3. The molecule has 1 aliphatic rings. The van der Waals surface area contributed by atoms with Crippen molar-refractivity contribution in [2.24, 2.45) is 11.8 Å². The quantitative estimate of drug-likeness (QED) is 0.802. The zero-order valence-corrected chi connectivity index (χ0v) is 12.6. The van der Waals surface area contributed by atoms with Crippen LogP contribution in [0.3, 0.4) is 0 Å². The maximum atomic E-state index is 11.7. The van der Waals surface area contributed by atoms with Gasteiger partial charge in [0.1, 0.15) is 0 Å². The highest BCUT2D eigenvalue weighted by molar-refractivity contribution is 5.84. The molecule has 2 aromatic rings. The minimum Gasteiger partial charge on any atom is -0.455 e. The van der Waals surface area contributed by atoms with Gasteiger partial charge < -0.3 is 15.0 Å². The normalized spacial score (nSPS) is 19.9. The predicted molar refractivity (Wildman–Crippen MR) is 83.2 cm³/mol. The van der Waals surface area contributed by atoms with E-state index in [-0.39, 0.29) is 24.4 Å². The van der Waals surface area contributed by atoms with Gasteiger partial charge in [-0.1, -0.05) is 25.1 Å². The number of hydrogen-bond acceptors (Lipinski definition) is 3. The topological polar surface area (TPSA) is 71.2 Å². The molecule has 0 spiro atoms. The molecule has 0 bridgehead atoms. The Balaban J connectivity index is 1.41. The first-order valence-electron chi connectivity index (χ1n) is 7.63. The van der Waals surface area contributed by atoms with E-state index in [1.807, 2.05) is 31.3 Å². The third-order valence-electron chi connectivity index (χ3n) is 4.15. The van der Waals surface area contributed by atoms with Crippen molar-refractivity contribution < 1.29 is 14.3 Å². The van der Waals surface area contributed by atoms with E-state index in [9.17, 15) is 9.59 Å². The van der Waals surface area contributed by atoms with E-state index in [0.717, 1.165) is 18.4 Å². The Morgan fingerprint density at radius 3 is 2.91 bits per heavy atom. The lowest BCUT2D eigenvalue weighted by Crippen LogP contribution is -2.30. The Labute approximate surface area is 129 Å². The van der Waals surface area contributed by atoms with Gasteiger partial charge in [-0.2, -0.15) is 0 Å². The predicted octanol–water partition coefficient (Wildman–Crippen LogP) is 2.03. The van der Waals surface area contributed by atoms with Crippen LogP contribution in [0.25, 0.3) is 10.9 Å². The molecule has 2 atom stereocenters. The minimum absolute atomic E-state index is 0.000907. The number of carbonyl (C=O) groups excluding carboxylic acids is 2. The molecule has 116 valence electrons. The number of carbonyl (C=O) groups is 2. The van der Waals surface area contributed by atoms with Crippen molar-refractivity contribution in [1.82, 2.24) is 10.3 Å². The Hall–Kier alpha value is -2.30. The summed E-state index contributed by atoms with van der Waals surface area (Å²) in [4.78, 5) is 26.4. The van der Waals surface area contributed by atoms with Crippen molar-refractivity contribution in [3.8, 4) is 0 Å². The van der Waals surface area contributed by atoms with Gasteiger partial charge in [0.25, 0.3) is 5.91 Å². The van der Waals surface area contributed by atoms with E-state index in [2.05, 4.69) is 16.4 Å². The number of benzene rings is 1. The van der Waals surface area contributed by atoms with Crippen molar-refractivity contribution in [3.05, 3.63) is 36.0 Å². The zero-order chi connectivity index (χ0) is 15.5. The number of fused-ring (bicyclic) bond motifs is 1.